The normalized spacial score (nSPS) is 9.95. The van der Waals surface area contributed by atoms with Crippen molar-refractivity contribution < 1.29 is 4.39 Å². The number of aryl methyl sites for hydroxylation is 1. The number of nitrogens with one attached hydrogen (secondary N) is 1. The summed E-state index contributed by atoms with van der Waals surface area (Å²) in [5.41, 5.74) is 3.52. The van der Waals surface area contributed by atoms with Gasteiger partial charge < -0.3 is 5.32 Å². The second kappa shape index (κ2) is 6.01. The minimum atomic E-state index is -0.177. The van der Waals surface area contributed by atoms with E-state index >= 15 is 0 Å². The molecule has 0 atom stereocenters. The van der Waals surface area contributed by atoms with Crippen LogP contribution in [0.2, 0.25) is 0 Å². The Bertz CT molecular complexity index is 597. The summed E-state index contributed by atoms with van der Waals surface area (Å²) in [4.78, 5) is 0. The molecule has 0 bridgehead atoms. The Balaban J connectivity index is 1.98. The summed E-state index contributed by atoms with van der Waals surface area (Å²) in [6.45, 7) is 2.33. The van der Waals surface area contributed by atoms with Crippen molar-refractivity contribution in [3.05, 3.63) is 65.0 Å². The molecule has 2 nitrogen and oxygen atoms in total. The van der Waals surface area contributed by atoms with E-state index < -0.39 is 0 Å². The lowest BCUT2D eigenvalue weighted by atomic mass is 10.1. The first kappa shape index (κ1) is 13.1. The largest absolute Gasteiger partial charge is 0.381 e. The number of halogens is 1. The molecule has 0 amide bonds. The molecule has 1 N–H and O–H groups in total. The Morgan fingerprint density at radius 2 is 1.79 bits per heavy atom. The SMILES string of the molecule is Cc1ccc(CNc2ccc(CC#N)cc2)cc1F. The maximum absolute atomic E-state index is 13.4. The average molecular weight is 254 g/mol. The molecule has 0 radical (unpaired) electrons. The van der Waals surface area contributed by atoms with Crippen LogP contribution >= 0.6 is 0 Å². The van der Waals surface area contributed by atoms with Crippen molar-refractivity contribution in [3.63, 3.8) is 0 Å². The Morgan fingerprint density at radius 1 is 1.11 bits per heavy atom. The van der Waals surface area contributed by atoms with Crippen molar-refractivity contribution >= 4 is 5.69 Å². The van der Waals surface area contributed by atoms with E-state index in [4.69, 9.17) is 5.26 Å². The third-order valence-corrected chi connectivity index (χ3v) is 2.97. The van der Waals surface area contributed by atoms with Crippen molar-refractivity contribution in [2.75, 3.05) is 5.32 Å². The number of anilines is 1. The van der Waals surface area contributed by atoms with Crippen molar-refractivity contribution in [3.8, 4) is 6.07 Å². The van der Waals surface area contributed by atoms with Gasteiger partial charge in [0.2, 0.25) is 0 Å². The Hall–Kier alpha value is -2.34. The lowest BCUT2D eigenvalue weighted by Crippen LogP contribution is -2.00. The number of rotatable bonds is 4. The molecule has 0 fully saturated rings. The van der Waals surface area contributed by atoms with Crippen LogP contribution in [0, 0.1) is 24.1 Å². The fourth-order valence-electron chi connectivity index (χ4n) is 1.78. The maximum Gasteiger partial charge on any atom is 0.126 e. The minimum absolute atomic E-state index is 0.177. The summed E-state index contributed by atoms with van der Waals surface area (Å²) in [7, 11) is 0. The van der Waals surface area contributed by atoms with Crippen LogP contribution in [0.25, 0.3) is 0 Å². The summed E-state index contributed by atoms with van der Waals surface area (Å²) in [5, 5.41) is 11.8. The van der Waals surface area contributed by atoms with Gasteiger partial charge in [0, 0.05) is 12.2 Å². The van der Waals surface area contributed by atoms with Crippen LogP contribution in [0.1, 0.15) is 16.7 Å². The summed E-state index contributed by atoms with van der Waals surface area (Å²) in [6, 6.07) is 15.0. The molecular weight excluding hydrogens is 239 g/mol. The Kier molecular flexibility index (Phi) is 4.15. The van der Waals surface area contributed by atoms with E-state index in [2.05, 4.69) is 11.4 Å². The molecule has 0 heterocycles. The zero-order chi connectivity index (χ0) is 13.7. The van der Waals surface area contributed by atoms with Crippen LogP contribution in [0.5, 0.6) is 0 Å². The van der Waals surface area contributed by atoms with E-state index in [1.54, 1.807) is 19.1 Å². The first-order valence-electron chi connectivity index (χ1n) is 6.14. The highest BCUT2D eigenvalue weighted by Crippen LogP contribution is 2.13. The highest BCUT2D eigenvalue weighted by Gasteiger charge is 2.00. The van der Waals surface area contributed by atoms with E-state index in [9.17, 15) is 4.39 Å². The number of nitrogens with zero attached hydrogens (tertiary/aromatic N) is 1. The quantitative estimate of drug-likeness (QED) is 0.900. The molecule has 2 aromatic carbocycles. The molecule has 0 aliphatic carbocycles. The fraction of sp³-hybridized carbons (Fsp3) is 0.188. The molecule has 0 unspecified atom stereocenters. The van der Waals surface area contributed by atoms with Gasteiger partial charge in [-0.25, -0.2) is 4.39 Å². The van der Waals surface area contributed by atoms with E-state index in [0.29, 0.717) is 18.5 Å². The van der Waals surface area contributed by atoms with Gasteiger partial charge in [-0.1, -0.05) is 24.3 Å². The number of benzene rings is 2. The van der Waals surface area contributed by atoms with Gasteiger partial charge in [0.1, 0.15) is 5.82 Å². The molecule has 2 aromatic rings. The second-order valence-electron chi connectivity index (χ2n) is 4.47. The van der Waals surface area contributed by atoms with Crippen LogP contribution in [0.15, 0.2) is 42.5 Å². The highest BCUT2D eigenvalue weighted by atomic mass is 19.1. The number of nitriles is 1. The fourth-order valence-corrected chi connectivity index (χ4v) is 1.78. The van der Waals surface area contributed by atoms with Crippen LogP contribution < -0.4 is 5.32 Å². The molecular formula is C16H15FN2. The summed E-state index contributed by atoms with van der Waals surface area (Å²) in [5.74, 6) is -0.177. The van der Waals surface area contributed by atoms with E-state index in [1.165, 1.54) is 0 Å². The molecule has 0 saturated carbocycles. The first-order valence-corrected chi connectivity index (χ1v) is 6.14. The topological polar surface area (TPSA) is 35.8 Å². The van der Waals surface area contributed by atoms with Crippen molar-refractivity contribution in [1.82, 2.24) is 0 Å². The highest BCUT2D eigenvalue weighted by molar-refractivity contribution is 5.45. The Morgan fingerprint density at radius 3 is 2.42 bits per heavy atom. The predicted molar refractivity (Wildman–Crippen MR) is 74.2 cm³/mol. The van der Waals surface area contributed by atoms with Crippen LogP contribution in [0.3, 0.4) is 0 Å². The predicted octanol–water partition coefficient (Wildman–Crippen LogP) is 3.81. The van der Waals surface area contributed by atoms with Gasteiger partial charge in [-0.3, -0.25) is 0 Å². The minimum Gasteiger partial charge on any atom is -0.381 e. The molecule has 0 aliphatic heterocycles. The lowest BCUT2D eigenvalue weighted by Gasteiger charge is -2.08. The Labute approximate surface area is 112 Å². The standard InChI is InChI=1S/C16H15FN2/c1-12-2-3-14(10-16(12)17)11-19-15-6-4-13(5-7-15)8-9-18/h2-7,10,19H,8,11H2,1H3. The number of hydrogen-bond donors (Lipinski definition) is 1. The molecule has 19 heavy (non-hydrogen) atoms. The molecule has 3 heteroatoms. The van der Waals surface area contributed by atoms with Gasteiger partial charge in [0.25, 0.3) is 0 Å². The summed E-state index contributed by atoms with van der Waals surface area (Å²) >= 11 is 0. The van der Waals surface area contributed by atoms with Crippen LogP contribution in [-0.2, 0) is 13.0 Å². The average Bonchev–Trinajstić information content (AvgIpc) is 2.42. The lowest BCUT2D eigenvalue weighted by molar-refractivity contribution is 0.616. The zero-order valence-electron chi connectivity index (χ0n) is 10.8. The molecule has 96 valence electrons. The van der Waals surface area contributed by atoms with Gasteiger partial charge in [0.15, 0.2) is 0 Å². The first-order chi connectivity index (χ1) is 9.19. The monoisotopic (exact) mass is 254 g/mol. The van der Waals surface area contributed by atoms with Crippen molar-refractivity contribution in [2.24, 2.45) is 0 Å². The van der Waals surface area contributed by atoms with Crippen LogP contribution in [-0.4, -0.2) is 0 Å². The van der Waals surface area contributed by atoms with E-state index in [0.717, 1.165) is 16.8 Å². The third-order valence-electron chi connectivity index (χ3n) is 2.97. The van der Waals surface area contributed by atoms with E-state index in [1.807, 2.05) is 30.3 Å². The van der Waals surface area contributed by atoms with Gasteiger partial charge in [-0.15, -0.1) is 0 Å². The molecule has 0 saturated heterocycles. The molecule has 0 aromatic heterocycles. The molecule has 2 rings (SSSR count). The molecule has 0 spiro atoms. The van der Waals surface area contributed by atoms with E-state index in [-0.39, 0.29) is 5.82 Å². The van der Waals surface area contributed by atoms with Crippen molar-refractivity contribution in [1.29, 1.82) is 5.26 Å². The smallest absolute Gasteiger partial charge is 0.126 e. The third kappa shape index (κ3) is 3.56. The molecule has 0 aliphatic rings. The van der Waals surface area contributed by atoms with Gasteiger partial charge >= 0.3 is 0 Å². The van der Waals surface area contributed by atoms with Crippen LogP contribution in [0.4, 0.5) is 10.1 Å². The van der Waals surface area contributed by atoms with Gasteiger partial charge in [0.05, 0.1) is 12.5 Å². The number of hydrogen-bond acceptors (Lipinski definition) is 2. The van der Waals surface area contributed by atoms with Gasteiger partial charge in [-0.05, 0) is 41.8 Å². The van der Waals surface area contributed by atoms with Gasteiger partial charge in [-0.2, -0.15) is 5.26 Å². The van der Waals surface area contributed by atoms with Crippen molar-refractivity contribution in [2.45, 2.75) is 19.9 Å². The zero-order valence-corrected chi connectivity index (χ0v) is 10.8. The summed E-state index contributed by atoms with van der Waals surface area (Å²) in [6.07, 6.45) is 0.420. The maximum atomic E-state index is 13.4. The second-order valence-corrected chi connectivity index (χ2v) is 4.47. The summed E-state index contributed by atoms with van der Waals surface area (Å²) < 4.78 is 13.4.